The zero-order valence-corrected chi connectivity index (χ0v) is 7.33. The van der Waals surface area contributed by atoms with Crippen molar-refractivity contribution in [3.05, 3.63) is 23.8 Å². The molecule has 2 rings (SSSR count). The van der Waals surface area contributed by atoms with Crippen LogP contribution in [0.4, 0.5) is 0 Å². The number of hydrogen-bond donors (Lipinski definition) is 0. The minimum absolute atomic E-state index is 0.0566. The Labute approximate surface area is 71.9 Å². The molecule has 0 N–H and O–H groups in total. The third-order valence-corrected chi connectivity index (χ3v) is 2.72. The number of carbonyl (C=O) groups is 1. The molecule has 0 spiro atoms. The van der Waals surface area contributed by atoms with Gasteiger partial charge < -0.3 is 4.74 Å². The van der Waals surface area contributed by atoms with Gasteiger partial charge >= 0.3 is 0 Å². The van der Waals surface area contributed by atoms with Crippen LogP contribution >= 0.6 is 0 Å². The summed E-state index contributed by atoms with van der Waals surface area (Å²) < 4.78 is 5.34. The minimum atomic E-state index is -0.0566. The molecule has 0 amide bonds. The molecule has 0 radical (unpaired) electrons. The molecule has 0 aromatic carbocycles. The zero-order valence-electron chi connectivity index (χ0n) is 7.33. The first-order valence-corrected chi connectivity index (χ1v) is 4.15. The van der Waals surface area contributed by atoms with Crippen LogP contribution in [0.3, 0.4) is 0 Å². The lowest BCUT2D eigenvalue weighted by atomic mass is 10.0. The standard InChI is InChI=1S/C10H12O2/c1-7(11)8-3-4-10(12-2)6-9(10)5-8/h3-5,9H,6H2,1-2H3. The summed E-state index contributed by atoms with van der Waals surface area (Å²) in [5, 5.41) is 0. The van der Waals surface area contributed by atoms with Crippen molar-refractivity contribution in [2.45, 2.75) is 18.9 Å². The van der Waals surface area contributed by atoms with Crippen molar-refractivity contribution in [3.63, 3.8) is 0 Å². The number of hydrogen-bond acceptors (Lipinski definition) is 2. The number of ether oxygens (including phenoxy) is 1. The van der Waals surface area contributed by atoms with Gasteiger partial charge in [-0.2, -0.15) is 0 Å². The van der Waals surface area contributed by atoms with Crippen LogP contribution in [0.1, 0.15) is 13.3 Å². The highest BCUT2D eigenvalue weighted by molar-refractivity contribution is 5.96. The van der Waals surface area contributed by atoms with Crippen LogP contribution in [-0.4, -0.2) is 18.5 Å². The molecule has 1 fully saturated rings. The zero-order chi connectivity index (χ0) is 8.77. The molecule has 0 bridgehead atoms. The van der Waals surface area contributed by atoms with Crippen LogP contribution in [0.15, 0.2) is 23.8 Å². The van der Waals surface area contributed by atoms with Gasteiger partial charge in [-0.25, -0.2) is 0 Å². The molecule has 1 saturated carbocycles. The van der Waals surface area contributed by atoms with E-state index in [1.54, 1.807) is 14.0 Å². The van der Waals surface area contributed by atoms with Crippen molar-refractivity contribution in [1.29, 1.82) is 0 Å². The molecule has 2 aliphatic rings. The van der Waals surface area contributed by atoms with Crippen molar-refractivity contribution in [3.8, 4) is 0 Å². The molecular weight excluding hydrogens is 152 g/mol. The van der Waals surface area contributed by atoms with E-state index >= 15 is 0 Å². The molecule has 2 heteroatoms. The molecule has 64 valence electrons. The Kier molecular flexibility index (Phi) is 1.48. The molecule has 2 atom stereocenters. The van der Waals surface area contributed by atoms with Gasteiger partial charge in [-0.1, -0.05) is 18.2 Å². The lowest BCUT2D eigenvalue weighted by Crippen LogP contribution is -2.14. The maximum Gasteiger partial charge on any atom is 0.159 e. The van der Waals surface area contributed by atoms with Crippen LogP contribution in [0.25, 0.3) is 0 Å². The van der Waals surface area contributed by atoms with Crippen LogP contribution in [-0.2, 0) is 9.53 Å². The van der Waals surface area contributed by atoms with E-state index < -0.39 is 0 Å². The largest absolute Gasteiger partial charge is 0.374 e. The summed E-state index contributed by atoms with van der Waals surface area (Å²) in [4.78, 5) is 11.0. The third kappa shape index (κ3) is 0.950. The number of Topliss-reactive ketones (excluding diaryl/α,β-unsaturated/α-hetero) is 1. The number of fused-ring (bicyclic) bond motifs is 1. The molecule has 0 aromatic rings. The van der Waals surface area contributed by atoms with Crippen molar-refractivity contribution in [1.82, 2.24) is 0 Å². The number of rotatable bonds is 2. The first-order valence-electron chi connectivity index (χ1n) is 4.15. The van der Waals surface area contributed by atoms with E-state index in [1.165, 1.54) is 0 Å². The smallest absolute Gasteiger partial charge is 0.159 e. The Balaban J connectivity index is 2.20. The van der Waals surface area contributed by atoms with Crippen molar-refractivity contribution < 1.29 is 9.53 Å². The van der Waals surface area contributed by atoms with Crippen LogP contribution < -0.4 is 0 Å². The predicted molar refractivity (Wildman–Crippen MR) is 45.8 cm³/mol. The Hall–Kier alpha value is -0.890. The van der Waals surface area contributed by atoms with Crippen LogP contribution in [0, 0.1) is 5.92 Å². The summed E-state index contributed by atoms with van der Waals surface area (Å²) in [6, 6.07) is 0. The highest BCUT2D eigenvalue weighted by Crippen LogP contribution is 2.51. The topological polar surface area (TPSA) is 26.3 Å². The van der Waals surface area contributed by atoms with Gasteiger partial charge in [0.15, 0.2) is 5.78 Å². The Morgan fingerprint density at radius 3 is 3.00 bits per heavy atom. The molecule has 0 heterocycles. The van der Waals surface area contributed by atoms with Gasteiger partial charge in [-0.15, -0.1) is 0 Å². The van der Waals surface area contributed by atoms with Crippen molar-refractivity contribution in [2.24, 2.45) is 5.92 Å². The Bertz CT molecular complexity index is 288. The summed E-state index contributed by atoms with van der Waals surface area (Å²) in [5.41, 5.74) is 0.768. The molecule has 0 aliphatic heterocycles. The predicted octanol–water partition coefficient (Wildman–Crippen LogP) is 1.48. The molecule has 2 aliphatic carbocycles. The molecule has 2 nitrogen and oxygen atoms in total. The number of carbonyl (C=O) groups excluding carboxylic acids is 1. The summed E-state index contributed by atoms with van der Waals surface area (Å²) in [7, 11) is 1.72. The van der Waals surface area contributed by atoms with Gasteiger partial charge in [0.1, 0.15) is 0 Å². The van der Waals surface area contributed by atoms with Crippen LogP contribution in [0.5, 0.6) is 0 Å². The fraction of sp³-hybridized carbons (Fsp3) is 0.500. The van der Waals surface area contributed by atoms with Crippen molar-refractivity contribution in [2.75, 3.05) is 7.11 Å². The van der Waals surface area contributed by atoms with Gasteiger partial charge in [0.2, 0.25) is 0 Å². The summed E-state index contributed by atoms with van der Waals surface area (Å²) in [6.07, 6.45) is 6.92. The highest BCUT2D eigenvalue weighted by atomic mass is 16.5. The quantitative estimate of drug-likeness (QED) is 0.618. The van der Waals surface area contributed by atoms with E-state index in [-0.39, 0.29) is 11.4 Å². The second-order valence-corrected chi connectivity index (χ2v) is 3.48. The van der Waals surface area contributed by atoms with Crippen molar-refractivity contribution >= 4 is 5.78 Å². The maximum absolute atomic E-state index is 11.0. The number of allylic oxidation sites excluding steroid dienone is 2. The number of ketones is 1. The van der Waals surface area contributed by atoms with Gasteiger partial charge in [0, 0.05) is 18.6 Å². The Morgan fingerprint density at radius 2 is 2.50 bits per heavy atom. The van der Waals surface area contributed by atoms with Gasteiger partial charge in [-0.3, -0.25) is 4.79 Å². The van der Waals surface area contributed by atoms with E-state index in [0.717, 1.165) is 12.0 Å². The van der Waals surface area contributed by atoms with Crippen LogP contribution in [0.2, 0.25) is 0 Å². The van der Waals surface area contributed by atoms with Gasteiger partial charge in [0.25, 0.3) is 0 Å². The average molecular weight is 164 g/mol. The summed E-state index contributed by atoms with van der Waals surface area (Å²) in [5.74, 6) is 0.578. The monoisotopic (exact) mass is 164 g/mol. The molecule has 0 aromatic heterocycles. The second kappa shape index (κ2) is 2.30. The fourth-order valence-electron chi connectivity index (χ4n) is 1.72. The minimum Gasteiger partial charge on any atom is -0.374 e. The summed E-state index contributed by atoms with van der Waals surface area (Å²) >= 11 is 0. The Morgan fingerprint density at radius 1 is 1.75 bits per heavy atom. The van der Waals surface area contributed by atoms with E-state index in [0.29, 0.717) is 5.92 Å². The maximum atomic E-state index is 11.0. The molecule has 2 unspecified atom stereocenters. The second-order valence-electron chi connectivity index (χ2n) is 3.48. The average Bonchev–Trinajstić information content (AvgIpc) is 2.77. The van der Waals surface area contributed by atoms with E-state index in [1.807, 2.05) is 18.2 Å². The fourth-order valence-corrected chi connectivity index (χ4v) is 1.72. The molecule has 12 heavy (non-hydrogen) atoms. The first kappa shape index (κ1) is 7.74. The lowest BCUT2D eigenvalue weighted by molar-refractivity contribution is -0.113. The normalized spacial score (nSPS) is 37.2. The van der Waals surface area contributed by atoms with Gasteiger partial charge in [-0.05, 0) is 13.3 Å². The lowest BCUT2D eigenvalue weighted by Gasteiger charge is -2.12. The van der Waals surface area contributed by atoms with Gasteiger partial charge in [0.05, 0.1) is 5.60 Å². The van der Waals surface area contributed by atoms with E-state index in [9.17, 15) is 4.79 Å². The highest BCUT2D eigenvalue weighted by Gasteiger charge is 2.53. The number of methoxy groups -OCH3 is 1. The van der Waals surface area contributed by atoms with E-state index in [4.69, 9.17) is 4.74 Å². The third-order valence-electron chi connectivity index (χ3n) is 2.72. The van der Waals surface area contributed by atoms with E-state index in [2.05, 4.69) is 0 Å². The molecule has 0 saturated heterocycles. The first-order chi connectivity index (χ1) is 5.68. The summed E-state index contributed by atoms with van der Waals surface area (Å²) in [6.45, 7) is 1.60. The molecular formula is C10H12O2. The SMILES string of the molecule is COC12C=CC(C(C)=O)=CC1C2.